The van der Waals surface area contributed by atoms with E-state index in [0.717, 1.165) is 12.1 Å². The summed E-state index contributed by atoms with van der Waals surface area (Å²) in [6.45, 7) is 3.24. The van der Waals surface area contributed by atoms with Crippen LogP contribution < -0.4 is 5.32 Å². The van der Waals surface area contributed by atoms with Crippen LogP contribution in [-0.4, -0.2) is 25.9 Å². The Morgan fingerprint density at radius 2 is 2.14 bits per heavy atom. The van der Waals surface area contributed by atoms with Gasteiger partial charge in [0.15, 0.2) is 0 Å². The Morgan fingerprint density at radius 1 is 1.33 bits per heavy atom. The number of rotatable bonds is 6. The lowest BCUT2D eigenvalue weighted by atomic mass is 10.2. The van der Waals surface area contributed by atoms with Gasteiger partial charge in [0.1, 0.15) is 0 Å². The summed E-state index contributed by atoms with van der Waals surface area (Å²) in [6.07, 6.45) is -0.129. The molecule has 0 saturated heterocycles. The molecule has 114 valence electrons. The summed E-state index contributed by atoms with van der Waals surface area (Å²) in [4.78, 5) is 8.06. The van der Waals surface area contributed by atoms with Crippen molar-refractivity contribution in [3.8, 4) is 0 Å². The van der Waals surface area contributed by atoms with Crippen LogP contribution >= 0.6 is 0 Å². The highest BCUT2D eigenvalue weighted by Crippen LogP contribution is 2.21. The van der Waals surface area contributed by atoms with Crippen LogP contribution in [0.2, 0.25) is 0 Å². The van der Waals surface area contributed by atoms with Crippen molar-refractivity contribution >= 4 is 5.95 Å². The maximum Gasteiger partial charge on any atom is 0.389 e. The average Bonchev–Trinajstić information content (AvgIpc) is 2.91. The molecular weight excluding hydrogens is 283 g/mol. The van der Waals surface area contributed by atoms with Crippen LogP contribution in [0.25, 0.3) is 0 Å². The van der Waals surface area contributed by atoms with E-state index in [0.29, 0.717) is 18.2 Å². The normalized spacial score (nSPS) is 11.6. The van der Waals surface area contributed by atoms with Gasteiger partial charge in [-0.15, -0.1) is 0 Å². The number of alkyl halides is 3. The number of hydrogen-bond donors (Lipinski definition) is 1. The fraction of sp³-hybridized carbons (Fsp3) is 0.462. The maximum atomic E-state index is 12.2. The highest BCUT2D eigenvalue weighted by molar-refractivity contribution is 5.27. The first-order valence-corrected chi connectivity index (χ1v) is 6.60. The van der Waals surface area contributed by atoms with Crippen LogP contribution in [0.1, 0.15) is 24.6 Å². The Bertz CT molecular complexity index is 579. The van der Waals surface area contributed by atoms with Crippen molar-refractivity contribution in [2.45, 2.75) is 39.0 Å². The third-order valence-electron chi connectivity index (χ3n) is 2.84. The lowest BCUT2D eigenvalue weighted by Crippen LogP contribution is -2.10. The molecule has 2 rings (SSSR count). The molecule has 0 aliphatic heterocycles. The number of nitrogens with zero attached hydrogens (tertiary/aromatic N) is 4. The first-order chi connectivity index (χ1) is 9.96. The van der Waals surface area contributed by atoms with Gasteiger partial charge in [-0.05, 0) is 19.4 Å². The molecule has 5 nitrogen and oxygen atoms in total. The van der Waals surface area contributed by atoms with Gasteiger partial charge in [-0.2, -0.15) is 18.3 Å². The van der Waals surface area contributed by atoms with E-state index in [4.69, 9.17) is 0 Å². The molecule has 2 aromatic rings. The first kappa shape index (κ1) is 15.3. The second kappa shape index (κ2) is 6.55. The minimum Gasteiger partial charge on any atom is -0.350 e. The predicted octanol–water partition coefficient (Wildman–Crippen LogP) is 2.80. The number of halogens is 3. The Labute approximate surface area is 120 Å². The van der Waals surface area contributed by atoms with Crippen molar-refractivity contribution in [3.05, 3.63) is 35.9 Å². The van der Waals surface area contributed by atoms with Gasteiger partial charge in [0.25, 0.3) is 0 Å². The zero-order chi connectivity index (χ0) is 15.3. The van der Waals surface area contributed by atoms with Crippen LogP contribution in [0.4, 0.5) is 19.1 Å². The van der Waals surface area contributed by atoms with E-state index >= 15 is 0 Å². The Kier molecular flexibility index (Phi) is 4.77. The molecule has 0 aliphatic rings. The number of aromatic nitrogens is 4. The molecule has 0 spiro atoms. The summed E-state index contributed by atoms with van der Waals surface area (Å²) in [5.41, 5.74) is 1.33. The van der Waals surface area contributed by atoms with Crippen molar-refractivity contribution in [1.82, 2.24) is 19.7 Å². The lowest BCUT2D eigenvalue weighted by molar-refractivity contribution is -0.134. The molecule has 0 unspecified atom stereocenters. The maximum absolute atomic E-state index is 12.2. The van der Waals surface area contributed by atoms with Gasteiger partial charge in [-0.25, -0.2) is 9.97 Å². The molecule has 0 aromatic carbocycles. The van der Waals surface area contributed by atoms with Gasteiger partial charge in [0, 0.05) is 43.2 Å². The van der Waals surface area contributed by atoms with Crippen molar-refractivity contribution in [2.75, 3.05) is 5.32 Å². The molecule has 0 fully saturated rings. The molecular formula is C13H16F3N5. The predicted molar refractivity (Wildman–Crippen MR) is 71.6 cm³/mol. The molecule has 0 aliphatic carbocycles. The summed E-state index contributed by atoms with van der Waals surface area (Å²) in [5, 5.41) is 7.11. The summed E-state index contributed by atoms with van der Waals surface area (Å²) in [7, 11) is 0. The highest BCUT2D eigenvalue weighted by Gasteiger charge is 2.26. The summed E-state index contributed by atoms with van der Waals surface area (Å²) in [6, 6.07) is 1.49. The van der Waals surface area contributed by atoms with E-state index in [9.17, 15) is 13.2 Å². The minimum atomic E-state index is -4.17. The molecule has 21 heavy (non-hydrogen) atoms. The first-order valence-electron chi connectivity index (χ1n) is 6.60. The molecule has 0 atom stereocenters. The van der Waals surface area contributed by atoms with Gasteiger partial charge < -0.3 is 5.32 Å². The fourth-order valence-electron chi connectivity index (χ4n) is 1.74. The quantitative estimate of drug-likeness (QED) is 0.891. The van der Waals surface area contributed by atoms with Crippen LogP contribution in [0, 0.1) is 0 Å². The zero-order valence-corrected chi connectivity index (χ0v) is 11.6. The third-order valence-corrected chi connectivity index (χ3v) is 2.84. The van der Waals surface area contributed by atoms with Crippen LogP contribution in [0.15, 0.2) is 24.7 Å². The van der Waals surface area contributed by atoms with E-state index in [1.807, 2.05) is 13.1 Å². The van der Waals surface area contributed by atoms with E-state index in [1.54, 1.807) is 10.9 Å². The second-order valence-corrected chi connectivity index (χ2v) is 4.54. The van der Waals surface area contributed by atoms with E-state index in [1.165, 1.54) is 12.3 Å². The Morgan fingerprint density at radius 3 is 2.81 bits per heavy atom. The molecule has 2 heterocycles. The minimum absolute atomic E-state index is 0.144. The molecule has 0 amide bonds. The van der Waals surface area contributed by atoms with E-state index in [2.05, 4.69) is 20.4 Å². The molecule has 8 heteroatoms. The van der Waals surface area contributed by atoms with Gasteiger partial charge in [-0.1, -0.05) is 0 Å². The lowest BCUT2D eigenvalue weighted by Gasteiger charge is -2.07. The molecule has 0 saturated carbocycles. The number of hydrogen-bond acceptors (Lipinski definition) is 4. The van der Waals surface area contributed by atoms with Gasteiger partial charge in [0.2, 0.25) is 5.95 Å². The standard InChI is InChI=1S/C13H16F3N5/c1-2-21-9-10(8-19-21)7-18-12-17-6-4-11(20-12)3-5-13(14,15)16/h4,6,8-9H,2-3,5,7H2,1H3,(H,17,18,20). The molecule has 0 bridgehead atoms. The summed E-state index contributed by atoms with van der Waals surface area (Å²) >= 11 is 0. The highest BCUT2D eigenvalue weighted by atomic mass is 19.4. The SMILES string of the molecule is CCn1cc(CNc2nccc(CCC(F)(F)F)n2)cn1. The largest absolute Gasteiger partial charge is 0.389 e. The number of aryl methyl sites for hydroxylation is 2. The van der Waals surface area contributed by atoms with Crippen LogP contribution in [0.5, 0.6) is 0 Å². The van der Waals surface area contributed by atoms with E-state index < -0.39 is 12.6 Å². The van der Waals surface area contributed by atoms with Crippen molar-refractivity contribution in [1.29, 1.82) is 0 Å². The average molecular weight is 299 g/mol. The Balaban J connectivity index is 1.91. The smallest absolute Gasteiger partial charge is 0.350 e. The zero-order valence-electron chi connectivity index (χ0n) is 11.6. The van der Waals surface area contributed by atoms with Crippen molar-refractivity contribution < 1.29 is 13.2 Å². The van der Waals surface area contributed by atoms with Gasteiger partial charge in [-0.3, -0.25) is 4.68 Å². The third kappa shape index (κ3) is 5.05. The monoisotopic (exact) mass is 299 g/mol. The Hall–Kier alpha value is -2.12. The number of anilines is 1. The van der Waals surface area contributed by atoms with E-state index in [-0.39, 0.29) is 6.42 Å². The topological polar surface area (TPSA) is 55.6 Å². The summed E-state index contributed by atoms with van der Waals surface area (Å²) in [5.74, 6) is 0.318. The van der Waals surface area contributed by atoms with Gasteiger partial charge >= 0.3 is 6.18 Å². The second-order valence-electron chi connectivity index (χ2n) is 4.54. The molecule has 2 aromatic heterocycles. The summed E-state index contributed by atoms with van der Waals surface area (Å²) < 4.78 is 38.3. The number of nitrogens with one attached hydrogen (secondary N) is 1. The van der Waals surface area contributed by atoms with Gasteiger partial charge in [0.05, 0.1) is 6.20 Å². The fourth-order valence-corrected chi connectivity index (χ4v) is 1.74. The van der Waals surface area contributed by atoms with Crippen LogP contribution in [0.3, 0.4) is 0 Å². The molecule has 0 radical (unpaired) electrons. The molecule has 1 N–H and O–H groups in total. The van der Waals surface area contributed by atoms with Crippen molar-refractivity contribution in [3.63, 3.8) is 0 Å². The van der Waals surface area contributed by atoms with Crippen LogP contribution in [-0.2, 0) is 19.5 Å². The van der Waals surface area contributed by atoms with Crippen molar-refractivity contribution in [2.24, 2.45) is 0 Å².